The van der Waals surface area contributed by atoms with Gasteiger partial charge in [0.05, 0.1) is 0 Å². The number of nitrogens with zero attached hydrogens (tertiary/aromatic N) is 1. The molecule has 1 atom stereocenters. The van der Waals surface area contributed by atoms with Crippen LogP contribution in [0.2, 0.25) is 0 Å². The van der Waals surface area contributed by atoms with Gasteiger partial charge in [-0.15, -0.1) is 0 Å². The predicted octanol–water partition coefficient (Wildman–Crippen LogP) is 3.03. The zero-order valence-electron chi connectivity index (χ0n) is 12.1. The van der Waals surface area contributed by atoms with E-state index in [1.807, 2.05) is 0 Å². The van der Waals surface area contributed by atoms with Crippen LogP contribution in [0.4, 0.5) is 0 Å². The number of hydrogen-bond acceptors (Lipinski definition) is 2. The van der Waals surface area contributed by atoms with Gasteiger partial charge in [0.2, 0.25) is 0 Å². The second-order valence-corrected chi connectivity index (χ2v) is 6.76. The van der Waals surface area contributed by atoms with Crippen LogP contribution >= 0.6 is 0 Å². The molecule has 0 aromatic rings. The Morgan fingerprint density at radius 2 is 1.71 bits per heavy atom. The summed E-state index contributed by atoms with van der Waals surface area (Å²) in [5.74, 6) is 0.747. The number of rotatable bonds is 2. The van der Waals surface area contributed by atoms with Crippen molar-refractivity contribution in [1.82, 2.24) is 10.2 Å². The van der Waals surface area contributed by atoms with Gasteiger partial charge in [0, 0.05) is 30.7 Å². The average Bonchev–Trinajstić information content (AvgIpc) is 2.30. The normalized spacial score (nSPS) is 30.4. The van der Waals surface area contributed by atoms with Gasteiger partial charge in [-0.25, -0.2) is 0 Å². The van der Waals surface area contributed by atoms with Crippen LogP contribution in [0.1, 0.15) is 59.8 Å². The summed E-state index contributed by atoms with van der Waals surface area (Å²) in [4.78, 5) is 2.81. The molecule has 1 unspecified atom stereocenters. The highest BCUT2D eigenvalue weighted by Gasteiger charge is 2.43. The Bertz CT molecular complexity index is 241. The minimum absolute atomic E-state index is 0.484. The first-order valence-corrected chi connectivity index (χ1v) is 7.55. The van der Waals surface area contributed by atoms with Gasteiger partial charge in [-0.1, -0.05) is 33.1 Å². The van der Waals surface area contributed by atoms with Crippen LogP contribution in [0.5, 0.6) is 0 Å². The summed E-state index contributed by atoms with van der Waals surface area (Å²) >= 11 is 0. The van der Waals surface area contributed by atoms with Crippen LogP contribution in [-0.4, -0.2) is 35.6 Å². The van der Waals surface area contributed by atoms with Crippen LogP contribution in [0.25, 0.3) is 0 Å². The number of nitrogens with one attached hydrogen (secondary N) is 1. The van der Waals surface area contributed by atoms with Crippen LogP contribution in [-0.2, 0) is 0 Å². The zero-order valence-corrected chi connectivity index (χ0v) is 12.1. The largest absolute Gasteiger partial charge is 0.311 e. The molecule has 2 aliphatic rings. The Kier molecular flexibility index (Phi) is 4.14. The van der Waals surface area contributed by atoms with Crippen molar-refractivity contribution < 1.29 is 0 Å². The first-order valence-electron chi connectivity index (χ1n) is 7.55. The smallest absolute Gasteiger partial charge is 0.0337 e. The molecule has 1 saturated heterocycles. The van der Waals surface area contributed by atoms with Crippen molar-refractivity contribution in [1.29, 1.82) is 0 Å². The quantitative estimate of drug-likeness (QED) is 0.795. The van der Waals surface area contributed by atoms with Crippen molar-refractivity contribution >= 4 is 0 Å². The SMILES string of the molecule is CC(C)C1CN(C(C)C)C2(CCCCC2)CN1. The Balaban J connectivity index is 2.11. The lowest BCUT2D eigenvalue weighted by molar-refractivity contribution is -0.0196. The van der Waals surface area contributed by atoms with Crippen molar-refractivity contribution in [2.24, 2.45) is 5.92 Å². The van der Waals surface area contributed by atoms with E-state index < -0.39 is 0 Å². The van der Waals surface area contributed by atoms with Crippen molar-refractivity contribution in [3.63, 3.8) is 0 Å². The minimum atomic E-state index is 0.484. The van der Waals surface area contributed by atoms with Gasteiger partial charge < -0.3 is 5.32 Å². The summed E-state index contributed by atoms with van der Waals surface area (Å²) in [5.41, 5.74) is 0.484. The van der Waals surface area contributed by atoms with E-state index in [4.69, 9.17) is 0 Å². The third-order valence-corrected chi connectivity index (χ3v) is 4.91. The van der Waals surface area contributed by atoms with E-state index in [0.717, 1.165) is 5.92 Å². The second kappa shape index (κ2) is 5.27. The Morgan fingerprint density at radius 3 is 2.24 bits per heavy atom. The lowest BCUT2D eigenvalue weighted by atomic mass is 9.77. The van der Waals surface area contributed by atoms with E-state index in [9.17, 15) is 0 Å². The molecule has 0 aromatic carbocycles. The highest BCUT2D eigenvalue weighted by molar-refractivity contribution is 5.02. The molecule has 1 spiro atoms. The maximum atomic E-state index is 3.82. The standard InChI is InChI=1S/C15H30N2/c1-12(2)14-10-17(13(3)4)15(11-16-14)8-6-5-7-9-15/h12-14,16H,5-11H2,1-4H3. The maximum Gasteiger partial charge on any atom is 0.0337 e. The summed E-state index contributed by atoms with van der Waals surface area (Å²) < 4.78 is 0. The summed E-state index contributed by atoms with van der Waals surface area (Å²) in [6, 6.07) is 1.38. The molecule has 1 heterocycles. The summed E-state index contributed by atoms with van der Waals surface area (Å²) in [5, 5.41) is 3.82. The monoisotopic (exact) mass is 238 g/mol. The van der Waals surface area contributed by atoms with Crippen LogP contribution in [0.3, 0.4) is 0 Å². The van der Waals surface area contributed by atoms with E-state index >= 15 is 0 Å². The van der Waals surface area contributed by atoms with E-state index in [1.165, 1.54) is 45.2 Å². The van der Waals surface area contributed by atoms with Gasteiger partial charge in [0.25, 0.3) is 0 Å². The van der Waals surface area contributed by atoms with Crippen LogP contribution in [0, 0.1) is 5.92 Å². The first kappa shape index (κ1) is 13.4. The molecular weight excluding hydrogens is 208 g/mol. The highest BCUT2D eigenvalue weighted by atomic mass is 15.3. The average molecular weight is 238 g/mol. The Hall–Kier alpha value is -0.0800. The highest BCUT2D eigenvalue weighted by Crippen LogP contribution is 2.37. The molecule has 2 fully saturated rings. The molecule has 0 bridgehead atoms. The fourth-order valence-corrected chi connectivity index (χ4v) is 3.77. The molecule has 0 amide bonds. The molecule has 2 nitrogen and oxygen atoms in total. The molecule has 2 rings (SSSR count). The van der Waals surface area contributed by atoms with Gasteiger partial charge >= 0.3 is 0 Å². The lowest BCUT2D eigenvalue weighted by Gasteiger charge is -2.54. The van der Waals surface area contributed by atoms with E-state index in [1.54, 1.807) is 0 Å². The minimum Gasteiger partial charge on any atom is -0.311 e. The van der Waals surface area contributed by atoms with Crippen molar-refractivity contribution in [3.05, 3.63) is 0 Å². The fraction of sp³-hybridized carbons (Fsp3) is 1.00. The molecule has 0 aromatic heterocycles. The molecule has 1 N–H and O–H groups in total. The van der Waals surface area contributed by atoms with Gasteiger partial charge in [-0.2, -0.15) is 0 Å². The molecule has 17 heavy (non-hydrogen) atoms. The summed E-state index contributed by atoms with van der Waals surface area (Å²) in [7, 11) is 0. The summed E-state index contributed by atoms with van der Waals surface area (Å²) in [6.07, 6.45) is 7.11. The Labute approximate surface area is 107 Å². The van der Waals surface area contributed by atoms with E-state index in [-0.39, 0.29) is 0 Å². The third kappa shape index (κ3) is 2.68. The van der Waals surface area contributed by atoms with Gasteiger partial charge in [0.15, 0.2) is 0 Å². The molecular formula is C15H30N2. The summed E-state index contributed by atoms with van der Waals surface area (Å²) in [6.45, 7) is 11.9. The maximum absolute atomic E-state index is 3.82. The first-order chi connectivity index (χ1) is 8.05. The van der Waals surface area contributed by atoms with Crippen LogP contribution in [0.15, 0.2) is 0 Å². The molecule has 0 radical (unpaired) electrons. The lowest BCUT2D eigenvalue weighted by Crippen LogP contribution is -2.67. The van der Waals surface area contributed by atoms with Crippen molar-refractivity contribution in [2.75, 3.05) is 13.1 Å². The fourth-order valence-electron chi connectivity index (χ4n) is 3.77. The van der Waals surface area contributed by atoms with Gasteiger partial charge in [-0.05, 0) is 32.6 Å². The predicted molar refractivity (Wildman–Crippen MR) is 74.3 cm³/mol. The molecule has 1 aliphatic heterocycles. The van der Waals surface area contributed by atoms with E-state index in [2.05, 4.69) is 37.9 Å². The topological polar surface area (TPSA) is 15.3 Å². The molecule has 1 saturated carbocycles. The molecule has 100 valence electrons. The van der Waals surface area contributed by atoms with Gasteiger partial charge in [0.1, 0.15) is 0 Å². The van der Waals surface area contributed by atoms with E-state index in [0.29, 0.717) is 17.6 Å². The number of hydrogen-bond donors (Lipinski definition) is 1. The van der Waals surface area contributed by atoms with Gasteiger partial charge in [-0.3, -0.25) is 4.90 Å². The Morgan fingerprint density at radius 1 is 1.06 bits per heavy atom. The number of piperazine rings is 1. The molecule has 1 aliphatic carbocycles. The third-order valence-electron chi connectivity index (χ3n) is 4.91. The van der Waals surface area contributed by atoms with Crippen molar-refractivity contribution in [3.8, 4) is 0 Å². The molecule has 2 heteroatoms. The second-order valence-electron chi connectivity index (χ2n) is 6.76. The zero-order chi connectivity index (χ0) is 12.5. The van der Waals surface area contributed by atoms with Crippen molar-refractivity contribution in [2.45, 2.75) is 77.4 Å². The van der Waals surface area contributed by atoms with Crippen LogP contribution < -0.4 is 5.32 Å².